The Balaban J connectivity index is 1.31. The number of carbonyl (C=O) groups is 2. The molecular formula is C20H21N3O3S2. The number of thiazole rings is 1. The number of hydrazine groups is 1. The first-order valence-corrected chi connectivity index (χ1v) is 11.0. The van der Waals surface area contributed by atoms with Gasteiger partial charge in [-0.3, -0.25) is 20.4 Å². The average molecular weight is 416 g/mol. The number of thiophene rings is 1. The second-order valence-corrected chi connectivity index (χ2v) is 8.85. The molecule has 2 amide bonds. The summed E-state index contributed by atoms with van der Waals surface area (Å²) in [7, 11) is 0. The quantitative estimate of drug-likeness (QED) is 0.497. The SMILES string of the molecule is Cc1ccc(-c2nc(CC(=O)NNC(=O)c3cc4c(s3)CCCCC4)cs2)o1. The van der Waals surface area contributed by atoms with Crippen LogP contribution < -0.4 is 10.9 Å². The van der Waals surface area contributed by atoms with Crippen LogP contribution in [0.4, 0.5) is 0 Å². The molecular weight excluding hydrogens is 394 g/mol. The number of aryl methyl sites for hydroxylation is 3. The van der Waals surface area contributed by atoms with Gasteiger partial charge >= 0.3 is 0 Å². The van der Waals surface area contributed by atoms with Crippen LogP contribution >= 0.6 is 22.7 Å². The fourth-order valence-corrected chi connectivity index (χ4v) is 5.16. The summed E-state index contributed by atoms with van der Waals surface area (Å²) < 4.78 is 5.55. The second kappa shape index (κ2) is 8.28. The van der Waals surface area contributed by atoms with E-state index in [2.05, 4.69) is 15.8 Å². The molecule has 2 N–H and O–H groups in total. The molecule has 3 aromatic heterocycles. The Kier molecular flexibility index (Phi) is 5.59. The van der Waals surface area contributed by atoms with E-state index in [4.69, 9.17) is 4.42 Å². The third-order valence-electron chi connectivity index (χ3n) is 4.63. The lowest BCUT2D eigenvalue weighted by atomic mass is 10.1. The number of fused-ring (bicyclic) bond motifs is 1. The highest BCUT2D eigenvalue weighted by Gasteiger charge is 2.17. The van der Waals surface area contributed by atoms with Crippen LogP contribution in [0.1, 0.15) is 50.8 Å². The summed E-state index contributed by atoms with van der Waals surface area (Å²) in [5, 5.41) is 2.56. The topological polar surface area (TPSA) is 84.2 Å². The van der Waals surface area contributed by atoms with E-state index < -0.39 is 0 Å². The third-order valence-corrected chi connectivity index (χ3v) is 6.77. The molecule has 28 heavy (non-hydrogen) atoms. The molecule has 0 aliphatic heterocycles. The van der Waals surface area contributed by atoms with Crippen LogP contribution in [0.25, 0.3) is 10.8 Å². The van der Waals surface area contributed by atoms with Gasteiger partial charge in [-0.05, 0) is 56.4 Å². The lowest BCUT2D eigenvalue weighted by molar-refractivity contribution is -0.121. The van der Waals surface area contributed by atoms with E-state index in [1.54, 1.807) is 0 Å². The molecule has 3 heterocycles. The van der Waals surface area contributed by atoms with E-state index in [-0.39, 0.29) is 18.2 Å². The van der Waals surface area contributed by atoms with E-state index in [0.717, 1.165) is 23.6 Å². The molecule has 0 saturated heterocycles. The molecule has 0 atom stereocenters. The van der Waals surface area contributed by atoms with Gasteiger partial charge in [0.25, 0.3) is 5.91 Å². The Morgan fingerprint density at radius 3 is 2.86 bits per heavy atom. The van der Waals surface area contributed by atoms with Gasteiger partial charge in [-0.2, -0.15) is 0 Å². The van der Waals surface area contributed by atoms with Gasteiger partial charge in [0.1, 0.15) is 5.76 Å². The van der Waals surface area contributed by atoms with Crippen molar-refractivity contribution in [3.05, 3.63) is 50.4 Å². The van der Waals surface area contributed by atoms with Crippen LogP contribution in [-0.4, -0.2) is 16.8 Å². The Morgan fingerprint density at radius 2 is 2.04 bits per heavy atom. The van der Waals surface area contributed by atoms with E-state index in [0.29, 0.717) is 16.3 Å². The van der Waals surface area contributed by atoms with Gasteiger partial charge in [0.2, 0.25) is 5.91 Å². The van der Waals surface area contributed by atoms with E-state index in [1.807, 2.05) is 30.5 Å². The Bertz CT molecular complexity index is 979. The Hall–Kier alpha value is -2.45. The molecule has 4 rings (SSSR count). The molecule has 0 spiro atoms. The van der Waals surface area contributed by atoms with Crippen molar-refractivity contribution < 1.29 is 14.0 Å². The largest absolute Gasteiger partial charge is 0.459 e. The maximum absolute atomic E-state index is 12.4. The Labute approximate surface area is 171 Å². The second-order valence-electron chi connectivity index (χ2n) is 6.85. The van der Waals surface area contributed by atoms with Gasteiger partial charge in [0.05, 0.1) is 17.0 Å². The number of hydrogen-bond acceptors (Lipinski definition) is 6. The average Bonchev–Trinajstić information content (AvgIpc) is 3.37. The first kappa shape index (κ1) is 18.9. The molecule has 146 valence electrons. The summed E-state index contributed by atoms with van der Waals surface area (Å²) in [5.74, 6) is 0.938. The number of nitrogens with one attached hydrogen (secondary N) is 2. The smallest absolute Gasteiger partial charge is 0.279 e. The van der Waals surface area contributed by atoms with Crippen LogP contribution in [-0.2, 0) is 24.1 Å². The van der Waals surface area contributed by atoms with E-state index in [1.165, 1.54) is 52.4 Å². The highest BCUT2D eigenvalue weighted by molar-refractivity contribution is 7.14. The van der Waals surface area contributed by atoms with Gasteiger partial charge < -0.3 is 4.42 Å². The molecule has 0 fully saturated rings. The summed E-state index contributed by atoms with van der Waals surface area (Å²) in [6.45, 7) is 1.87. The van der Waals surface area contributed by atoms with Gasteiger partial charge in [-0.25, -0.2) is 4.98 Å². The van der Waals surface area contributed by atoms with Crippen molar-refractivity contribution in [2.75, 3.05) is 0 Å². The minimum Gasteiger partial charge on any atom is -0.459 e. The number of rotatable bonds is 4. The normalized spacial score (nSPS) is 13.6. The lowest BCUT2D eigenvalue weighted by Gasteiger charge is -2.05. The zero-order valence-electron chi connectivity index (χ0n) is 15.5. The number of carbonyl (C=O) groups excluding carboxylic acids is 2. The summed E-state index contributed by atoms with van der Waals surface area (Å²) in [5.41, 5.74) is 6.92. The first-order valence-electron chi connectivity index (χ1n) is 9.30. The first-order chi connectivity index (χ1) is 13.6. The highest BCUT2D eigenvalue weighted by atomic mass is 32.1. The van der Waals surface area contributed by atoms with Gasteiger partial charge in [-0.1, -0.05) is 6.42 Å². The number of hydrogen-bond donors (Lipinski definition) is 2. The lowest BCUT2D eigenvalue weighted by Crippen LogP contribution is -2.42. The fraction of sp³-hybridized carbons (Fsp3) is 0.350. The highest BCUT2D eigenvalue weighted by Crippen LogP contribution is 2.29. The molecule has 3 aromatic rings. The fourth-order valence-electron chi connectivity index (χ4n) is 3.23. The number of nitrogens with zero attached hydrogens (tertiary/aromatic N) is 1. The molecule has 0 bridgehead atoms. The van der Waals surface area contributed by atoms with Crippen LogP contribution in [0.2, 0.25) is 0 Å². The molecule has 0 aromatic carbocycles. The van der Waals surface area contributed by atoms with Crippen molar-refractivity contribution in [3.63, 3.8) is 0 Å². The van der Waals surface area contributed by atoms with Crippen LogP contribution in [0.3, 0.4) is 0 Å². The summed E-state index contributed by atoms with van der Waals surface area (Å²) in [6, 6.07) is 5.70. The molecule has 6 nitrogen and oxygen atoms in total. The standard InChI is InChI=1S/C20H21N3O3S2/c1-12-7-8-15(26-12)20-21-14(11-27-20)10-18(24)22-23-19(25)17-9-13-5-3-2-4-6-16(13)28-17/h7-9,11H,2-6,10H2,1H3,(H,22,24)(H,23,25). The van der Waals surface area contributed by atoms with Crippen LogP contribution in [0, 0.1) is 6.92 Å². The zero-order valence-corrected chi connectivity index (χ0v) is 17.2. The maximum Gasteiger partial charge on any atom is 0.279 e. The zero-order chi connectivity index (χ0) is 19.5. The van der Waals surface area contributed by atoms with Crippen LogP contribution in [0.15, 0.2) is 28.0 Å². The third kappa shape index (κ3) is 4.34. The van der Waals surface area contributed by atoms with Gasteiger partial charge in [0.15, 0.2) is 10.8 Å². The number of furan rings is 1. The minimum absolute atomic E-state index is 0.0947. The molecule has 0 radical (unpaired) electrons. The molecule has 0 saturated carbocycles. The van der Waals surface area contributed by atoms with Crippen molar-refractivity contribution in [2.45, 2.75) is 45.4 Å². The molecule has 0 unspecified atom stereocenters. The van der Waals surface area contributed by atoms with Crippen molar-refractivity contribution in [1.82, 2.24) is 15.8 Å². The monoisotopic (exact) mass is 415 g/mol. The number of aromatic nitrogens is 1. The maximum atomic E-state index is 12.4. The molecule has 1 aliphatic carbocycles. The summed E-state index contributed by atoms with van der Waals surface area (Å²) in [4.78, 5) is 30.9. The van der Waals surface area contributed by atoms with Crippen molar-refractivity contribution in [3.8, 4) is 10.8 Å². The molecule has 1 aliphatic rings. The predicted octanol–water partition coefficient (Wildman–Crippen LogP) is 4.05. The van der Waals surface area contributed by atoms with Crippen LogP contribution in [0.5, 0.6) is 0 Å². The van der Waals surface area contributed by atoms with Crippen molar-refractivity contribution >= 4 is 34.5 Å². The van der Waals surface area contributed by atoms with E-state index in [9.17, 15) is 9.59 Å². The summed E-state index contributed by atoms with van der Waals surface area (Å²) in [6.07, 6.45) is 5.77. The van der Waals surface area contributed by atoms with E-state index >= 15 is 0 Å². The van der Waals surface area contributed by atoms with Crippen molar-refractivity contribution in [2.24, 2.45) is 0 Å². The summed E-state index contributed by atoms with van der Waals surface area (Å²) >= 11 is 2.96. The Morgan fingerprint density at radius 1 is 1.18 bits per heavy atom. The van der Waals surface area contributed by atoms with Gasteiger partial charge in [-0.15, -0.1) is 22.7 Å². The predicted molar refractivity (Wildman–Crippen MR) is 109 cm³/mol. The van der Waals surface area contributed by atoms with Gasteiger partial charge in [0, 0.05) is 10.3 Å². The van der Waals surface area contributed by atoms with Crippen molar-refractivity contribution in [1.29, 1.82) is 0 Å². The number of amides is 2. The molecule has 8 heteroatoms. The minimum atomic E-state index is -0.307.